The van der Waals surface area contributed by atoms with Gasteiger partial charge >= 0.3 is 0 Å². The Morgan fingerprint density at radius 2 is 1.83 bits per heavy atom. The second-order valence-electron chi connectivity index (χ2n) is 5.79. The zero-order valence-corrected chi connectivity index (χ0v) is 13.9. The number of rotatable bonds is 3. The monoisotopic (exact) mass is 342 g/mol. The van der Waals surface area contributed by atoms with E-state index in [2.05, 4.69) is 15.3 Å². The number of piperazine rings is 1. The van der Waals surface area contributed by atoms with Gasteiger partial charge < -0.3 is 10.3 Å². The van der Waals surface area contributed by atoms with Crippen molar-refractivity contribution >= 4 is 20.9 Å². The summed E-state index contributed by atoms with van der Waals surface area (Å²) in [6, 6.07) is 11.4. The van der Waals surface area contributed by atoms with Crippen molar-refractivity contribution in [2.24, 2.45) is 0 Å². The molecule has 6 nitrogen and oxygen atoms in total. The summed E-state index contributed by atoms with van der Waals surface area (Å²) in [7, 11) is -3.52. The summed E-state index contributed by atoms with van der Waals surface area (Å²) in [5.41, 5.74) is 2.96. The summed E-state index contributed by atoms with van der Waals surface area (Å²) in [4.78, 5) is 7.45. The molecule has 0 unspecified atom stereocenters. The van der Waals surface area contributed by atoms with Gasteiger partial charge in [0, 0.05) is 60.6 Å². The van der Waals surface area contributed by atoms with E-state index in [0.29, 0.717) is 26.2 Å². The van der Waals surface area contributed by atoms with E-state index < -0.39 is 10.0 Å². The third-order valence-corrected chi connectivity index (χ3v) is 6.13. The number of aromatic amines is 1. The fourth-order valence-corrected chi connectivity index (χ4v) is 4.37. The van der Waals surface area contributed by atoms with E-state index in [1.54, 1.807) is 12.3 Å². The molecule has 1 aliphatic rings. The number of aromatic nitrogens is 2. The van der Waals surface area contributed by atoms with Gasteiger partial charge in [0.05, 0.1) is 0 Å². The van der Waals surface area contributed by atoms with E-state index >= 15 is 0 Å². The average Bonchev–Trinajstić information content (AvgIpc) is 3.07. The summed E-state index contributed by atoms with van der Waals surface area (Å²) in [5, 5.41) is 4.35. The Balaban J connectivity index is 1.67. The summed E-state index contributed by atoms with van der Waals surface area (Å²) in [6.07, 6.45) is 3.55. The normalized spacial score (nSPS) is 16.5. The summed E-state index contributed by atoms with van der Waals surface area (Å²) >= 11 is 0. The Morgan fingerprint density at radius 1 is 1.04 bits per heavy atom. The maximum absolute atomic E-state index is 12.6. The van der Waals surface area contributed by atoms with Crippen molar-refractivity contribution < 1.29 is 8.42 Å². The molecule has 0 radical (unpaired) electrons. The van der Waals surface area contributed by atoms with Crippen molar-refractivity contribution in [3.05, 3.63) is 48.8 Å². The number of para-hydroxylation sites is 1. The van der Waals surface area contributed by atoms with Gasteiger partial charge in [-0.05, 0) is 18.2 Å². The van der Waals surface area contributed by atoms with E-state index in [1.807, 2.05) is 36.5 Å². The molecule has 1 aromatic carbocycles. The van der Waals surface area contributed by atoms with Gasteiger partial charge in [0.25, 0.3) is 10.0 Å². The van der Waals surface area contributed by atoms with Crippen molar-refractivity contribution in [3.8, 4) is 11.1 Å². The molecule has 2 aromatic heterocycles. The van der Waals surface area contributed by atoms with Crippen molar-refractivity contribution in [2.45, 2.75) is 5.03 Å². The Hall–Kier alpha value is -2.22. The number of fused-ring (bicyclic) bond motifs is 1. The van der Waals surface area contributed by atoms with Crippen LogP contribution in [0.2, 0.25) is 0 Å². The molecule has 0 spiro atoms. The van der Waals surface area contributed by atoms with Crippen LogP contribution >= 0.6 is 0 Å². The third kappa shape index (κ3) is 2.60. The minimum absolute atomic E-state index is 0.105. The van der Waals surface area contributed by atoms with Crippen LogP contribution in [0.25, 0.3) is 22.0 Å². The molecule has 0 saturated carbocycles. The van der Waals surface area contributed by atoms with Crippen molar-refractivity contribution in [3.63, 3.8) is 0 Å². The molecule has 124 valence electrons. The highest BCUT2D eigenvalue weighted by molar-refractivity contribution is 7.89. The van der Waals surface area contributed by atoms with Crippen LogP contribution in [0.15, 0.2) is 53.8 Å². The Bertz CT molecular complexity index is 958. The van der Waals surface area contributed by atoms with Gasteiger partial charge in [-0.1, -0.05) is 18.2 Å². The number of nitrogens with zero attached hydrogens (tertiary/aromatic N) is 2. The van der Waals surface area contributed by atoms with Crippen LogP contribution in [-0.2, 0) is 10.0 Å². The summed E-state index contributed by atoms with van der Waals surface area (Å²) < 4.78 is 26.7. The standard InChI is InChI=1S/C17H18N4O2S/c22-24(23,21-9-7-18-8-10-21)17-6-5-13(11-20-17)15-12-19-16-4-2-1-3-14(15)16/h1-6,11-12,18-19H,7-10H2. The molecule has 24 heavy (non-hydrogen) atoms. The van der Waals surface area contributed by atoms with Gasteiger partial charge in [-0.3, -0.25) is 0 Å². The van der Waals surface area contributed by atoms with Gasteiger partial charge in [-0.2, -0.15) is 4.31 Å². The molecule has 2 N–H and O–H groups in total. The van der Waals surface area contributed by atoms with E-state index in [0.717, 1.165) is 22.0 Å². The molecule has 0 amide bonds. The highest BCUT2D eigenvalue weighted by Gasteiger charge is 2.26. The number of H-pyrrole nitrogens is 1. The number of hydrogen-bond donors (Lipinski definition) is 2. The maximum Gasteiger partial charge on any atom is 0.260 e. The lowest BCUT2D eigenvalue weighted by Crippen LogP contribution is -2.46. The molecular formula is C17H18N4O2S. The Morgan fingerprint density at radius 3 is 2.58 bits per heavy atom. The Kier molecular flexibility index (Phi) is 3.84. The van der Waals surface area contributed by atoms with Gasteiger partial charge in [-0.25, -0.2) is 13.4 Å². The highest BCUT2D eigenvalue weighted by atomic mass is 32.2. The molecular weight excluding hydrogens is 324 g/mol. The predicted octanol–water partition coefficient (Wildman–Crippen LogP) is 1.82. The first kappa shape index (κ1) is 15.3. The fourth-order valence-electron chi connectivity index (χ4n) is 3.02. The van der Waals surface area contributed by atoms with Crippen molar-refractivity contribution in [1.82, 2.24) is 19.6 Å². The maximum atomic E-state index is 12.6. The lowest BCUT2D eigenvalue weighted by Gasteiger charge is -2.26. The first-order chi connectivity index (χ1) is 11.7. The molecule has 3 aromatic rings. The zero-order valence-electron chi connectivity index (χ0n) is 13.1. The first-order valence-electron chi connectivity index (χ1n) is 7.90. The quantitative estimate of drug-likeness (QED) is 0.761. The minimum atomic E-state index is -3.52. The van der Waals surface area contributed by atoms with Crippen molar-refractivity contribution in [2.75, 3.05) is 26.2 Å². The second-order valence-corrected chi connectivity index (χ2v) is 7.67. The van der Waals surface area contributed by atoms with Crippen LogP contribution in [0.5, 0.6) is 0 Å². The molecule has 1 saturated heterocycles. The zero-order chi connectivity index (χ0) is 16.6. The van der Waals surface area contributed by atoms with Gasteiger partial charge in [-0.15, -0.1) is 0 Å². The SMILES string of the molecule is O=S(=O)(c1ccc(-c2c[nH]c3ccccc23)cn1)N1CCNCC1. The molecule has 1 aliphatic heterocycles. The first-order valence-corrected chi connectivity index (χ1v) is 9.34. The molecule has 0 atom stereocenters. The predicted molar refractivity (Wildman–Crippen MR) is 93.2 cm³/mol. The smallest absolute Gasteiger partial charge is 0.260 e. The van der Waals surface area contributed by atoms with E-state index in [1.165, 1.54) is 4.31 Å². The Labute approximate surface area is 140 Å². The van der Waals surface area contributed by atoms with Gasteiger partial charge in [0.1, 0.15) is 0 Å². The van der Waals surface area contributed by atoms with Gasteiger partial charge in [0.15, 0.2) is 5.03 Å². The van der Waals surface area contributed by atoms with Crippen LogP contribution in [0, 0.1) is 0 Å². The third-order valence-electron chi connectivity index (χ3n) is 4.32. The molecule has 4 rings (SSSR count). The number of hydrogen-bond acceptors (Lipinski definition) is 4. The topological polar surface area (TPSA) is 78.1 Å². The molecule has 0 aliphatic carbocycles. The molecule has 7 heteroatoms. The molecule has 0 bridgehead atoms. The molecule has 3 heterocycles. The molecule has 1 fully saturated rings. The van der Waals surface area contributed by atoms with Crippen molar-refractivity contribution in [1.29, 1.82) is 0 Å². The highest BCUT2D eigenvalue weighted by Crippen LogP contribution is 2.28. The van der Waals surface area contributed by atoms with Gasteiger partial charge in [0.2, 0.25) is 0 Å². The van der Waals surface area contributed by atoms with Crippen LogP contribution in [-0.4, -0.2) is 48.9 Å². The minimum Gasteiger partial charge on any atom is -0.361 e. The van der Waals surface area contributed by atoms with Crippen LogP contribution in [0.4, 0.5) is 0 Å². The van der Waals surface area contributed by atoms with Crippen LogP contribution in [0.1, 0.15) is 0 Å². The second kappa shape index (κ2) is 6.01. The number of sulfonamides is 1. The van der Waals surface area contributed by atoms with E-state index in [9.17, 15) is 8.42 Å². The van der Waals surface area contributed by atoms with Crippen LogP contribution in [0.3, 0.4) is 0 Å². The van der Waals surface area contributed by atoms with E-state index in [4.69, 9.17) is 0 Å². The lowest BCUT2D eigenvalue weighted by molar-refractivity contribution is 0.359. The number of nitrogens with one attached hydrogen (secondary N) is 2. The van der Waals surface area contributed by atoms with Crippen LogP contribution < -0.4 is 5.32 Å². The summed E-state index contributed by atoms with van der Waals surface area (Å²) in [5.74, 6) is 0. The number of benzene rings is 1. The lowest BCUT2D eigenvalue weighted by atomic mass is 10.1. The fraction of sp³-hybridized carbons (Fsp3) is 0.235. The average molecular weight is 342 g/mol. The van der Waals surface area contributed by atoms with E-state index in [-0.39, 0.29) is 5.03 Å². The number of pyridine rings is 1. The summed E-state index contributed by atoms with van der Waals surface area (Å²) in [6.45, 7) is 2.31. The largest absolute Gasteiger partial charge is 0.361 e.